The normalized spacial score (nSPS) is 10.9. The molecule has 0 saturated heterocycles. The zero-order chi connectivity index (χ0) is 21.3. The lowest BCUT2D eigenvalue weighted by atomic mass is 10.3. The van der Waals surface area contributed by atoms with Crippen LogP contribution in [-0.4, -0.2) is 25.1 Å². The minimum atomic E-state index is -0.815. The van der Waals surface area contributed by atoms with Gasteiger partial charge in [0.25, 0.3) is 5.78 Å². The highest BCUT2D eigenvalue weighted by Gasteiger charge is 2.14. The lowest BCUT2D eigenvalue weighted by Crippen LogP contribution is -2.28. The number of aromatic nitrogens is 4. The molecule has 0 bridgehead atoms. The van der Waals surface area contributed by atoms with E-state index < -0.39 is 29.8 Å². The SMILES string of the molecule is O=C(Cn1nc2nc(Nc3ccc(F)cc3)ccn2c1=O)Nc1cc(F)ccc1F. The number of fused-ring (bicyclic) bond motifs is 1. The highest BCUT2D eigenvalue weighted by atomic mass is 19.1. The Morgan fingerprint density at radius 3 is 2.50 bits per heavy atom. The number of amides is 1. The fraction of sp³-hybridized carbons (Fsp3) is 0.0526. The van der Waals surface area contributed by atoms with Gasteiger partial charge in [-0.2, -0.15) is 4.98 Å². The van der Waals surface area contributed by atoms with Gasteiger partial charge in [0, 0.05) is 18.0 Å². The number of rotatable bonds is 5. The van der Waals surface area contributed by atoms with Crippen molar-refractivity contribution in [2.45, 2.75) is 6.54 Å². The number of anilines is 3. The number of hydrogen-bond donors (Lipinski definition) is 2. The first kappa shape index (κ1) is 19.2. The highest BCUT2D eigenvalue weighted by Crippen LogP contribution is 2.16. The number of nitrogens with zero attached hydrogens (tertiary/aromatic N) is 4. The maximum Gasteiger partial charge on any atom is 0.352 e. The van der Waals surface area contributed by atoms with E-state index in [-0.39, 0.29) is 17.3 Å². The summed E-state index contributed by atoms with van der Waals surface area (Å²) in [6.07, 6.45) is 1.41. The molecule has 0 spiro atoms. The Morgan fingerprint density at radius 1 is 1.00 bits per heavy atom. The molecule has 0 aliphatic rings. The van der Waals surface area contributed by atoms with Crippen LogP contribution in [0.5, 0.6) is 0 Å². The van der Waals surface area contributed by atoms with Crippen molar-refractivity contribution in [3.8, 4) is 0 Å². The van der Waals surface area contributed by atoms with Gasteiger partial charge in [-0.05, 0) is 42.5 Å². The summed E-state index contributed by atoms with van der Waals surface area (Å²) in [5, 5.41) is 9.11. The molecular formula is C19H13F3N6O2. The Hall–Kier alpha value is -4.15. The molecule has 0 unspecified atom stereocenters. The van der Waals surface area contributed by atoms with E-state index in [0.717, 1.165) is 27.3 Å². The molecule has 2 heterocycles. The molecule has 152 valence electrons. The predicted octanol–water partition coefficient (Wildman–Crippen LogP) is 2.69. The summed E-state index contributed by atoms with van der Waals surface area (Å²) >= 11 is 0. The fourth-order valence-corrected chi connectivity index (χ4v) is 2.68. The molecule has 0 aliphatic heterocycles. The summed E-state index contributed by atoms with van der Waals surface area (Å²) in [4.78, 5) is 28.7. The Bertz CT molecular complexity index is 1300. The summed E-state index contributed by atoms with van der Waals surface area (Å²) in [5.41, 5.74) is -0.409. The van der Waals surface area contributed by atoms with Gasteiger partial charge in [-0.1, -0.05) is 0 Å². The second-order valence-electron chi connectivity index (χ2n) is 6.23. The molecule has 0 atom stereocenters. The molecule has 2 N–H and O–H groups in total. The topological polar surface area (TPSA) is 93.3 Å². The van der Waals surface area contributed by atoms with Crippen LogP contribution in [-0.2, 0) is 11.3 Å². The van der Waals surface area contributed by atoms with Crippen molar-refractivity contribution < 1.29 is 18.0 Å². The molecule has 11 heteroatoms. The van der Waals surface area contributed by atoms with E-state index in [4.69, 9.17) is 0 Å². The van der Waals surface area contributed by atoms with Crippen LogP contribution in [0.4, 0.5) is 30.4 Å². The van der Waals surface area contributed by atoms with E-state index in [0.29, 0.717) is 11.5 Å². The third-order valence-corrected chi connectivity index (χ3v) is 4.07. The summed E-state index contributed by atoms with van der Waals surface area (Å²) in [6, 6.07) is 9.72. The van der Waals surface area contributed by atoms with Gasteiger partial charge >= 0.3 is 5.69 Å². The lowest BCUT2D eigenvalue weighted by molar-refractivity contribution is -0.117. The summed E-state index contributed by atoms with van der Waals surface area (Å²) < 4.78 is 41.8. The quantitative estimate of drug-likeness (QED) is 0.524. The lowest BCUT2D eigenvalue weighted by Gasteiger charge is -2.05. The second kappa shape index (κ2) is 7.70. The monoisotopic (exact) mass is 414 g/mol. The zero-order valence-electron chi connectivity index (χ0n) is 15.1. The molecule has 0 aliphatic carbocycles. The van der Waals surface area contributed by atoms with Crippen molar-refractivity contribution in [1.29, 1.82) is 0 Å². The number of carbonyl (C=O) groups excluding carboxylic acids is 1. The van der Waals surface area contributed by atoms with Crippen molar-refractivity contribution >= 4 is 28.9 Å². The molecular weight excluding hydrogens is 401 g/mol. The van der Waals surface area contributed by atoms with Gasteiger partial charge < -0.3 is 10.6 Å². The highest BCUT2D eigenvalue weighted by molar-refractivity contribution is 5.90. The van der Waals surface area contributed by atoms with Gasteiger partial charge in [0.15, 0.2) is 0 Å². The van der Waals surface area contributed by atoms with E-state index in [2.05, 4.69) is 20.7 Å². The molecule has 2 aromatic heterocycles. The molecule has 0 radical (unpaired) electrons. The number of halogens is 3. The number of benzene rings is 2. The predicted molar refractivity (Wildman–Crippen MR) is 102 cm³/mol. The van der Waals surface area contributed by atoms with Gasteiger partial charge in [0.1, 0.15) is 29.8 Å². The molecule has 0 fully saturated rings. The average Bonchev–Trinajstić information content (AvgIpc) is 3.01. The smallest absolute Gasteiger partial charge is 0.340 e. The first-order chi connectivity index (χ1) is 14.4. The number of hydrogen-bond acceptors (Lipinski definition) is 5. The van der Waals surface area contributed by atoms with Crippen LogP contribution in [0.25, 0.3) is 5.78 Å². The summed E-state index contributed by atoms with van der Waals surface area (Å²) in [7, 11) is 0. The standard InChI is InChI=1S/C19H13F3N6O2/c20-11-1-4-13(5-2-11)23-16-7-8-27-18(25-16)26-28(19(27)30)10-17(29)24-15-9-12(21)3-6-14(15)22/h1-9H,10H2,(H,24,29)(H,23,25,26). The minimum absolute atomic E-state index is 0.0110. The molecule has 30 heavy (non-hydrogen) atoms. The third kappa shape index (κ3) is 3.99. The van der Waals surface area contributed by atoms with Crippen molar-refractivity contribution in [3.63, 3.8) is 0 Å². The molecule has 4 aromatic rings. The van der Waals surface area contributed by atoms with Crippen LogP contribution in [0, 0.1) is 17.5 Å². The van der Waals surface area contributed by atoms with Crippen molar-refractivity contribution in [2.75, 3.05) is 10.6 Å². The van der Waals surface area contributed by atoms with Gasteiger partial charge in [0.2, 0.25) is 5.91 Å². The summed E-state index contributed by atoms with van der Waals surface area (Å²) in [5.74, 6) is -2.33. The van der Waals surface area contributed by atoms with Crippen molar-refractivity contribution in [2.24, 2.45) is 0 Å². The Balaban J connectivity index is 1.53. The van der Waals surface area contributed by atoms with E-state index >= 15 is 0 Å². The Kier molecular flexibility index (Phi) is 4.92. The van der Waals surface area contributed by atoms with E-state index in [9.17, 15) is 22.8 Å². The maximum atomic E-state index is 13.7. The first-order valence-electron chi connectivity index (χ1n) is 8.63. The van der Waals surface area contributed by atoms with Gasteiger partial charge in [0.05, 0.1) is 5.69 Å². The molecule has 0 saturated carbocycles. The Morgan fingerprint density at radius 2 is 1.73 bits per heavy atom. The van der Waals surface area contributed by atoms with Crippen molar-refractivity contribution in [1.82, 2.24) is 19.2 Å². The largest absolute Gasteiger partial charge is 0.352 e. The number of nitrogens with one attached hydrogen (secondary N) is 2. The number of carbonyl (C=O) groups is 1. The maximum absolute atomic E-state index is 13.7. The van der Waals surface area contributed by atoms with E-state index in [1.807, 2.05) is 0 Å². The first-order valence-corrected chi connectivity index (χ1v) is 8.63. The van der Waals surface area contributed by atoms with Crippen LogP contribution >= 0.6 is 0 Å². The van der Waals surface area contributed by atoms with Crippen LogP contribution < -0.4 is 16.3 Å². The van der Waals surface area contributed by atoms with Crippen LogP contribution in [0.1, 0.15) is 0 Å². The van der Waals surface area contributed by atoms with E-state index in [1.165, 1.54) is 36.5 Å². The minimum Gasteiger partial charge on any atom is -0.340 e. The molecule has 8 nitrogen and oxygen atoms in total. The third-order valence-electron chi connectivity index (χ3n) is 4.07. The fourth-order valence-electron chi connectivity index (χ4n) is 2.68. The van der Waals surface area contributed by atoms with Gasteiger partial charge in [-0.15, -0.1) is 5.10 Å². The zero-order valence-corrected chi connectivity index (χ0v) is 15.1. The Labute approximate surface area is 166 Å². The van der Waals surface area contributed by atoms with Gasteiger partial charge in [-0.3, -0.25) is 4.79 Å². The van der Waals surface area contributed by atoms with Crippen LogP contribution in [0.15, 0.2) is 59.5 Å². The van der Waals surface area contributed by atoms with Crippen LogP contribution in [0.2, 0.25) is 0 Å². The molecule has 4 rings (SSSR count). The van der Waals surface area contributed by atoms with E-state index in [1.54, 1.807) is 0 Å². The van der Waals surface area contributed by atoms with Crippen LogP contribution in [0.3, 0.4) is 0 Å². The summed E-state index contributed by atoms with van der Waals surface area (Å²) in [6.45, 7) is -0.529. The van der Waals surface area contributed by atoms with Crippen molar-refractivity contribution in [3.05, 3.63) is 82.7 Å². The average molecular weight is 414 g/mol. The molecule has 2 aromatic carbocycles. The van der Waals surface area contributed by atoms with Gasteiger partial charge in [-0.25, -0.2) is 27.0 Å². The second-order valence-corrected chi connectivity index (χ2v) is 6.23. The molecule has 1 amide bonds.